The third-order valence-electron chi connectivity index (χ3n) is 3.68. The molecule has 0 bridgehead atoms. The van der Waals surface area contributed by atoms with Crippen molar-refractivity contribution in [3.05, 3.63) is 59.1 Å². The number of anilines is 1. The number of amides is 2. The van der Waals surface area contributed by atoms with Crippen molar-refractivity contribution in [1.82, 2.24) is 15.3 Å². The molecule has 0 aromatic carbocycles. The number of pyridine rings is 1. The average molecular weight is 416 g/mol. The standard InChI is InChI=1S/C19H20N4O5S/c1-26-7-8-28-17-5-4-13(11-21-17)10-20-16(24)9-14-12-29-19(22-14)23-18(25)15-3-2-6-27-15/h2-6,11-12H,7-10H2,1H3,(H,20,24)(H,22,23,25). The molecule has 9 nitrogen and oxygen atoms in total. The summed E-state index contributed by atoms with van der Waals surface area (Å²) in [6.07, 6.45) is 3.18. The van der Waals surface area contributed by atoms with Crippen LogP contribution in [0.4, 0.5) is 5.13 Å². The number of hydrogen-bond acceptors (Lipinski definition) is 8. The van der Waals surface area contributed by atoms with Crippen LogP contribution >= 0.6 is 11.3 Å². The lowest BCUT2D eigenvalue weighted by Gasteiger charge is -2.06. The van der Waals surface area contributed by atoms with E-state index in [1.165, 1.54) is 17.6 Å². The molecule has 0 spiro atoms. The van der Waals surface area contributed by atoms with Crippen LogP contribution in [0.5, 0.6) is 5.88 Å². The summed E-state index contributed by atoms with van der Waals surface area (Å²) in [5, 5.41) is 7.58. The van der Waals surface area contributed by atoms with Crippen molar-refractivity contribution in [3.8, 4) is 5.88 Å². The zero-order chi connectivity index (χ0) is 20.5. The first-order valence-electron chi connectivity index (χ1n) is 8.76. The topological polar surface area (TPSA) is 116 Å². The molecule has 3 heterocycles. The Morgan fingerprint density at radius 3 is 2.86 bits per heavy atom. The number of rotatable bonds is 10. The van der Waals surface area contributed by atoms with Crippen LogP contribution in [0.3, 0.4) is 0 Å². The summed E-state index contributed by atoms with van der Waals surface area (Å²) >= 11 is 1.24. The van der Waals surface area contributed by atoms with Crippen molar-refractivity contribution in [1.29, 1.82) is 0 Å². The smallest absolute Gasteiger partial charge is 0.293 e. The number of nitrogens with zero attached hydrogens (tertiary/aromatic N) is 2. The van der Waals surface area contributed by atoms with Crippen LogP contribution in [0.15, 0.2) is 46.5 Å². The monoisotopic (exact) mass is 416 g/mol. The summed E-state index contributed by atoms with van der Waals surface area (Å²) in [5.74, 6) is 0.133. The highest BCUT2D eigenvalue weighted by molar-refractivity contribution is 7.14. The molecular formula is C19H20N4O5S. The molecule has 3 aromatic heterocycles. The highest BCUT2D eigenvalue weighted by Gasteiger charge is 2.13. The van der Waals surface area contributed by atoms with Gasteiger partial charge in [0.15, 0.2) is 10.9 Å². The minimum Gasteiger partial charge on any atom is -0.475 e. The van der Waals surface area contributed by atoms with E-state index >= 15 is 0 Å². The molecule has 0 fully saturated rings. The molecule has 0 aliphatic heterocycles. The third-order valence-corrected chi connectivity index (χ3v) is 4.49. The highest BCUT2D eigenvalue weighted by atomic mass is 32.1. The summed E-state index contributed by atoms with van der Waals surface area (Å²) in [7, 11) is 1.60. The number of carbonyl (C=O) groups is 2. The van der Waals surface area contributed by atoms with Crippen LogP contribution in [0, 0.1) is 0 Å². The molecule has 0 radical (unpaired) electrons. The second kappa shape index (κ2) is 10.3. The van der Waals surface area contributed by atoms with E-state index in [1.54, 1.807) is 36.9 Å². The van der Waals surface area contributed by atoms with Gasteiger partial charge in [0.05, 0.1) is 25.0 Å². The number of nitrogens with one attached hydrogen (secondary N) is 2. The van der Waals surface area contributed by atoms with E-state index in [-0.39, 0.29) is 24.0 Å². The summed E-state index contributed by atoms with van der Waals surface area (Å²) in [6, 6.07) is 6.76. The largest absolute Gasteiger partial charge is 0.475 e. The van der Waals surface area contributed by atoms with Gasteiger partial charge >= 0.3 is 0 Å². The minimum absolute atomic E-state index is 0.110. The Morgan fingerprint density at radius 2 is 2.14 bits per heavy atom. The predicted molar refractivity (Wildman–Crippen MR) is 106 cm³/mol. The molecule has 0 aliphatic rings. The number of aromatic nitrogens is 2. The van der Waals surface area contributed by atoms with Gasteiger partial charge in [-0.2, -0.15) is 0 Å². The lowest BCUT2D eigenvalue weighted by molar-refractivity contribution is -0.120. The Labute approximate surface area is 171 Å². The average Bonchev–Trinajstić information content (AvgIpc) is 3.40. The molecule has 2 N–H and O–H groups in total. The number of thiazole rings is 1. The van der Waals surface area contributed by atoms with E-state index in [9.17, 15) is 9.59 Å². The third kappa shape index (κ3) is 6.40. The maximum absolute atomic E-state index is 12.1. The van der Waals surface area contributed by atoms with Gasteiger partial charge in [-0.1, -0.05) is 6.07 Å². The summed E-state index contributed by atoms with van der Waals surface area (Å²) in [5.41, 5.74) is 1.42. The van der Waals surface area contributed by atoms with Crippen molar-refractivity contribution in [2.24, 2.45) is 0 Å². The van der Waals surface area contributed by atoms with Gasteiger partial charge in [0.2, 0.25) is 11.8 Å². The van der Waals surface area contributed by atoms with Crippen LogP contribution in [-0.4, -0.2) is 42.1 Å². The van der Waals surface area contributed by atoms with Gasteiger partial charge in [-0.3, -0.25) is 14.9 Å². The number of furan rings is 1. The van der Waals surface area contributed by atoms with E-state index in [0.717, 1.165) is 5.56 Å². The Kier molecular flexibility index (Phi) is 7.31. The molecule has 152 valence electrons. The Balaban J connectivity index is 1.42. The van der Waals surface area contributed by atoms with Gasteiger partial charge in [-0.25, -0.2) is 9.97 Å². The van der Waals surface area contributed by atoms with E-state index in [2.05, 4.69) is 20.6 Å². The van der Waals surface area contributed by atoms with Crippen LogP contribution < -0.4 is 15.4 Å². The molecule has 0 atom stereocenters. The van der Waals surface area contributed by atoms with Gasteiger partial charge in [0, 0.05) is 31.3 Å². The molecule has 3 rings (SSSR count). The summed E-state index contributed by atoms with van der Waals surface area (Å²) in [4.78, 5) is 32.5. The van der Waals surface area contributed by atoms with Crippen LogP contribution in [0.2, 0.25) is 0 Å². The molecule has 0 saturated carbocycles. The van der Waals surface area contributed by atoms with Gasteiger partial charge in [0.25, 0.3) is 5.91 Å². The quantitative estimate of drug-likeness (QED) is 0.487. The van der Waals surface area contributed by atoms with Crippen molar-refractivity contribution < 1.29 is 23.5 Å². The highest BCUT2D eigenvalue weighted by Crippen LogP contribution is 2.17. The van der Waals surface area contributed by atoms with E-state index in [0.29, 0.717) is 36.5 Å². The van der Waals surface area contributed by atoms with Gasteiger partial charge in [-0.15, -0.1) is 11.3 Å². The first kappa shape index (κ1) is 20.5. The van der Waals surface area contributed by atoms with Crippen LogP contribution in [-0.2, 0) is 22.5 Å². The van der Waals surface area contributed by atoms with Crippen molar-refractivity contribution in [2.75, 3.05) is 25.6 Å². The second-order valence-electron chi connectivity index (χ2n) is 5.87. The number of carbonyl (C=O) groups excluding carboxylic acids is 2. The van der Waals surface area contributed by atoms with Crippen molar-refractivity contribution in [3.63, 3.8) is 0 Å². The predicted octanol–water partition coefficient (Wildman–Crippen LogP) is 2.27. The molecule has 29 heavy (non-hydrogen) atoms. The van der Waals surface area contributed by atoms with Crippen molar-refractivity contribution >= 4 is 28.3 Å². The fourth-order valence-corrected chi connectivity index (χ4v) is 2.98. The SMILES string of the molecule is COCCOc1ccc(CNC(=O)Cc2csc(NC(=O)c3ccco3)n2)cn1. The maximum atomic E-state index is 12.1. The fraction of sp³-hybridized carbons (Fsp3) is 0.263. The first-order valence-corrected chi connectivity index (χ1v) is 9.64. The Bertz CT molecular complexity index is 924. The minimum atomic E-state index is -0.387. The zero-order valence-corrected chi connectivity index (χ0v) is 16.5. The van der Waals surface area contributed by atoms with Gasteiger partial charge < -0.3 is 19.2 Å². The Hall–Kier alpha value is -3.24. The molecule has 0 unspecified atom stereocenters. The molecule has 0 saturated heterocycles. The molecule has 2 amide bonds. The summed E-state index contributed by atoms with van der Waals surface area (Å²) in [6.45, 7) is 1.26. The van der Waals surface area contributed by atoms with Crippen LogP contribution in [0.1, 0.15) is 21.8 Å². The zero-order valence-electron chi connectivity index (χ0n) is 15.7. The molecular weight excluding hydrogens is 396 g/mol. The fourth-order valence-electron chi connectivity index (χ4n) is 2.27. The van der Waals surface area contributed by atoms with Crippen LogP contribution in [0.25, 0.3) is 0 Å². The Morgan fingerprint density at radius 1 is 1.24 bits per heavy atom. The number of hydrogen-bond donors (Lipinski definition) is 2. The molecule has 3 aromatic rings. The second-order valence-corrected chi connectivity index (χ2v) is 6.73. The molecule has 0 aliphatic carbocycles. The van der Waals surface area contributed by atoms with Crippen molar-refractivity contribution in [2.45, 2.75) is 13.0 Å². The maximum Gasteiger partial charge on any atom is 0.293 e. The van der Waals surface area contributed by atoms with E-state index in [1.807, 2.05) is 6.07 Å². The van der Waals surface area contributed by atoms with E-state index < -0.39 is 0 Å². The lowest BCUT2D eigenvalue weighted by atomic mass is 10.2. The normalized spacial score (nSPS) is 10.5. The molecule has 10 heteroatoms. The number of ether oxygens (including phenoxy) is 2. The summed E-state index contributed by atoms with van der Waals surface area (Å²) < 4.78 is 15.3. The van der Waals surface area contributed by atoms with Gasteiger partial charge in [-0.05, 0) is 17.7 Å². The van der Waals surface area contributed by atoms with E-state index in [4.69, 9.17) is 13.9 Å². The first-order chi connectivity index (χ1) is 14.1. The number of methoxy groups -OCH3 is 1. The van der Waals surface area contributed by atoms with Gasteiger partial charge in [0.1, 0.15) is 6.61 Å². The lowest BCUT2D eigenvalue weighted by Crippen LogP contribution is -2.24.